The van der Waals surface area contributed by atoms with E-state index >= 15 is 0 Å². The van der Waals surface area contributed by atoms with E-state index in [0.29, 0.717) is 29.2 Å². The molecule has 0 fully saturated rings. The molecular weight excluding hydrogens is 254 g/mol. The van der Waals surface area contributed by atoms with Crippen LogP contribution in [0.5, 0.6) is 0 Å². The van der Waals surface area contributed by atoms with Crippen molar-refractivity contribution >= 4 is 22.9 Å². The molecule has 0 aliphatic heterocycles. The highest BCUT2D eigenvalue weighted by atomic mass is 16.3. The largest absolute Gasteiger partial charge is 0.399 e. The number of allylic oxidation sites excluding steroid dienone is 3. The molecule has 0 radical (unpaired) electrons. The van der Waals surface area contributed by atoms with E-state index in [-0.39, 0.29) is 12.4 Å². The molecule has 0 bridgehead atoms. The highest BCUT2D eigenvalue weighted by Crippen LogP contribution is 2.18. The molecule has 104 valence electrons. The highest BCUT2D eigenvalue weighted by molar-refractivity contribution is 6.22. The maximum absolute atomic E-state index is 11.7. The molecule has 0 saturated carbocycles. The number of nitrogens with one attached hydrogen (secondary N) is 1. The summed E-state index contributed by atoms with van der Waals surface area (Å²) in [5.74, 6) is -0.0540. The summed E-state index contributed by atoms with van der Waals surface area (Å²) >= 11 is 0. The van der Waals surface area contributed by atoms with Crippen LogP contribution in [0.2, 0.25) is 0 Å². The predicted molar refractivity (Wildman–Crippen MR) is 79.9 cm³/mol. The van der Waals surface area contributed by atoms with Crippen LogP contribution >= 0.6 is 0 Å². The molecule has 0 unspecified atom stereocenters. The van der Waals surface area contributed by atoms with Gasteiger partial charge in [-0.3, -0.25) is 4.79 Å². The van der Waals surface area contributed by atoms with Gasteiger partial charge >= 0.3 is 0 Å². The summed E-state index contributed by atoms with van der Waals surface area (Å²) in [7, 11) is 0. The number of aliphatic imine (C=N–C) groups is 1. The van der Waals surface area contributed by atoms with Crippen LogP contribution < -0.4 is 11.1 Å². The first-order valence-electron chi connectivity index (χ1n) is 6.34. The molecule has 0 aromatic heterocycles. The van der Waals surface area contributed by atoms with E-state index < -0.39 is 0 Å². The Morgan fingerprint density at radius 3 is 2.60 bits per heavy atom. The minimum atomic E-state index is -0.0540. The van der Waals surface area contributed by atoms with Gasteiger partial charge in [-0.1, -0.05) is 0 Å². The van der Waals surface area contributed by atoms with Crippen LogP contribution in [0.15, 0.2) is 52.7 Å². The molecular formula is C15H17N3O2. The molecule has 2 rings (SSSR count). The third-order valence-corrected chi connectivity index (χ3v) is 2.86. The number of carbonyl (C=O) groups is 1. The third kappa shape index (κ3) is 3.33. The number of hydrogen-bond donors (Lipinski definition) is 3. The van der Waals surface area contributed by atoms with Gasteiger partial charge in [-0.05, 0) is 42.8 Å². The van der Waals surface area contributed by atoms with Crippen LogP contribution in [0.25, 0.3) is 0 Å². The maximum Gasteiger partial charge on any atom is 0.183 e. The molecule has 0 heterocycles. The van der Waals surface area contributed by atoms with Crippen LogP contribution in [0, 0.1) is 0 Å². The fourth-order valence-electron chi connectivity index (χ4n) is 1.79. The Hall–Kier alpha value is -2.40. The molecule has 1 aromatic carbocycles. The topological polar surface area (TPSA) is 87.7 Å². The molecule has 5 heteroatoms. The summed E-state index contributed by atoms with van der Waals surface area (Å²) < 4.78 is 0. The van der Waals surface area contributed by atoms with Crippen molar-refractivity contribution in [1.82, 2.24) is 5.32 Å². The lowest BCUT2D eigenvalue weighted by atomic mass is 10.0. The van der Waals surface area contributed by atoms with Gasteiger partial charge < -0.3 is 16.2 Å². The average molecular weight is 271 g/mol. The molecule has 0 atom stereocenters. The molecule has 0 saturated heterocycles. The Balaban J connectivity index is 2.32. The van der Waals surface area contributed by atoms with E-state index in [1.165, 1.54) is 6.08 Å². The van der Waals surface area contributed by atoms with Crippen LogP contribution in [-0.4, -0.2) is 29.8 Å². The van der Waals surface area contributed by atoms with Gasteiger partial charge in [-0.25, -0.2) is 4.99 Å². The van der Waals surface area contributed by atoms with Crippen molar-refractivity contribution in [2.24, 2.45) is 4.99 Å². The molecule has 20 heavy (non-hydrogen) atoms. The van der Waals surface area contributed by atoms with Gasteiger partial charge in [0, 0.05) is 18.3 Å². The SMILES string of the molecule is CC1=C/C(=N\c2ccc(N)cc2)C(NCCO)=CC1=O. The Bertz CT molecular complexity index is 598. The fraction of sp³-hybridized carbons (Fsp3) is 0.200. The lowest BCUT2D eigenvalue weighted by molar-refractivity contribution is -0.111. The van der Waals surface area contributed by atoms with Crippen molar-refractivity contribution in [2.45, 2.75) is 6.92 Å². The van der Waals surface area contributed by atoms with Gasteiger partial charge in [0.05, 0.1) is 23.7 Å². The van der Waals surface area contributed by atoms with Gasteiger partial charge in [0.15, 0.2) is 5.78 Å². The van der Waals surface area contributed by atoms with E-state index in [1.807, 2.05) is 12.1 Å². The zero-order valence-electron chi connectivity index (χ0n) is 11.3. The summed E-state index contributed by atoms with van der Waals surface area (Å²) in [6.45, 7) is 2.11. The van der Waals surface area contributed by atoms with Gasteiger partial charge in [0.25, 0.3) is 0 Å². The summed E-state index contributed by atoms with van der Waals surface area (Å²) in [4.78, 5) is 16.2. The first-order valence-corrected chi connectivity index (χ1v) is 6.34. The lowest BCUT2D eigenvalue weighted by Crippen LogP contribution is -2.26. The molecule has 4 N–H and O–H groups in total. The van der Waals surface area contributed by atoms with Crippen molar-refractivity contribution in [3.05, 3.63) is 47.7 Å². The van der Waals surface area contributed by atoms with E-state index in [0.717, 1.165) is 5.69 Å². The van der Waals surface area contributed by atoms with E-state index in [4.69, 9.17) is 10.8 Å². The first kappa shape index (κ1) is 14.0. The summed E-state index contributed by atoms with van der Waals surface area (Å²) in [5.41, 5.74) is 8.98. The number of ketones is 1. The van der Waals surface area contributed by atoms with E-state index in [9.17, 15) is 4.79 Å². The van der Waals surface area contributed by atoms with E-state index in [1.54, 1.807) is 25.1 Å². The van der Waals surface area contributed by atoms with Crippen molar-refractivity contribution in [3.8, 4) is 0 Å². The molecule has 1 aliphatic rings. The second-order valence-electron chi connectivity index (χ2n) is 4.49. The van der Waals surface area contributed by atoms with Crippen molar-refractivity contribution in [1.29, 1.82) is 0 Å². The number of anilines is 1. The summed E-state index contributed by atoms with van der Waals surface area (Å²) in [5, 5.41) is 11.9. The second-order valence-corrected chi connectivity index (χ2v) is 4.49. The minimum Gasteiger partial charge on any atom is -0.399 e. The summed E-state index contributed by atoms with van der Waals surface area (Å²) in [6, 6.07) is 7.17. The predicted octanol–water partition coefficient (Wildman–Crippen LogP) is 1.34. The standard InChI is InChI=1S/C15H17N3O2/c1-10-8-14(13(9-15(10)20)17-6-7-19)18-12-4-2-11(16)3-5-12/h2-5,8-9,17,19H,6-7,16H2,1H3/b18-14+. The lowest BCUT2D eigenvalue weighted by Gasteiger charge is -2.15. The van der Waals surface area contributed by atoms with Crippen LogP contribution in [0.4, 0.5) is 11.4 Å². The number of benzene rings is 1. The van der Waals surface area contributed by atoms with E-state index in [2.05, 4.69) is 10.3 Å². The quantitative estimate of drug-likeness (QED) is 0.569. The van der Waals surface area contributed by atoms with Crippen LogP contribution in [0.1, 0.15) is 6.92 Å². The number of carbonyl (C=O) groups excluding carboxylic acids is 1. The zero-order chi connectivity index (χ0) is 14.5. The number of nitrogens with two attached hydrogens (primary N) is 1. The Labute approximate surface area is 117 Å². The van der Waals surface area contributed by atoms with Gasteiger partial charge in [0.1, 0.15) is 0 Å². The number of rotatable bonds is 4. The number of nitrogen functional groups attached to an aromatic ring is 1. The average Bonchev–Trinajstić information content (AvgIpc) is 2.43. The Kier molecular flexibility index (Phi) is 4.32. The van der Waals surface area contributed by atoms with Gasteiger partial charge in [-0.2, -0.15) is 0 Å². The van der Waals surface area contributed by atoms with Gasteiger partial charge in [-0.15, -0.1) is 0 Å². The molecule has 1 aromatic rings. The minimum absolute atomic E-state index is 0.0105. The molecule has 5 nitrogen and oxygen atoms in total. The third-order valence-electron chi connectivity index (χ3n) is 2.86. The Morgan fingerprint density at radius 2 is 1.95 bits per heavy atom. The van der Waals surface area contributed by atoms with Crippen molar-refractivity contribution in [3.63, 3.8) is 0 Å². The fourth-order valence-corrected chi connectivity index (χ4v) is 1.79. The van der Waals surface area contributed by atoms with Crippen molar-refractivity contribution in [2.75, 3.05) is 18.9 Å². The monoisotopic (exact) mass is 271 g/mol. The molecule has 0 spiro atoms. The maximum atomic E-state index is 11.7. The van der Waals surface area contributed by atoms with Crippen LogP contribution in [-0.2, 0) is 4.79 Å². The number of nitrogens with zero attached hydrogens (tertiary/aromatic N) is 1. The molecule has 1 aliphatic carbocycles. The molecule has 0 amide bonds. The number of aliphatic hydroxyl groups is 1. The summed E-state index contributed by atoms with van der Waals surface area (Å²) in [6.07, 6.45) is 3.24. The second kappa shape index (κ2) is 6.16. The van der Waals surface area contributed by atoms with Crippen LogP contribution in [0.3, 0.4) is 0 Å². The Morgan fingerprint density at radius 1 is 1.25 bits per heavy atom. The van der Waals surface area contributed by atoms with Crippen molar-refractivity contribution < 1.29 is 9.90 Å². The highest BCUT2D eigenvalue weighted by Gasteiger charge is 2.15. The normalized spacial score (nSPS) is 16.9. The van der Waals surface area contributed by atoms with Gasteiger partial charge in [0.2, 0.25) is 0 Å². The first-order chi connectivity index (χ1) is 9.60. The zero-order valence-corrected chi connectivity index (χ0v) is 11.3. The number of hydrogen-bond acceptors (Lipinski definition) is 5. The smallest absolute Gasteiger partial charge is 0.183 e. The number of aliphatic hydroxyl groups excluding tert-OH is 1.